The normalized spacial score (nSPS) is 19.7. The SMILES string of the molecule is CNC1CCCN(C(C)C(=O)Nc2c(C)cccc2C(C)C)C1.Cl. The Morgan fingerprint density at radius 1 is 1.29 bits per heavy atom. The third-order valence-corrected chi connectivity index (χ3v) is 4.96. The zero-order valence-electron chi connectivity index (χ0n) is 15.6. The van der Waals surface area contributed by atoms with Gasteiger partial charge in [-0.1, -0.05) is 32.0 Å². The lowest BCUT2D eigenvalue weighted by Crippen LogP contribution is -2.51. The number of para-hydroxylation sites is 1. The third-order valence-electron chi connectivity index (χ3n) is 4.96. The second kappa shape index (κ2) is 9.40. The number of nitrogens with zero attached hydrogens (tertiary/aromatic N) is 1. The molecule has 0 aliphatic carbocycles. The van der Waals surface area contributed by atoms with Gasteiger partial charge in [-0.05, 0) is 57.3 Å². The van der Waals surface area contributed by atoms with Gasteiger partial charge in [0.1, 0.15) is 0 Å². The molecule has 0 spiro atoms. The predicted octanol–water partition coefficient (Wildman–Crippen LogP) is 3.55. The number of hydrogen-bond donors (Lipinski definition) is 2. The largest absolute Gasteiger partial charge is 0.324 e. The number of halogens is 1. The molecule has 0 bridgehead atoms. The molecule has 136 valence electrons. The molecule has 1 heterocycles. The number of piperidine rings is 1. The molecule has 2 N–H and O–H groups in total. The number of likely N-dealkylation sites (N-methyl/N-ethyl adjacent to an activating group) is 1. The van der Waals surface area contributed by atoms with Crippen LogP contribution in [0.1, 0.15) is 50.7 Å². The van der Waals surface area contributed by atoms with E-state index in [0.717, 1.165) is 30.8 Å². The maximum absolute atomic E-state index is 12.8. The van der Waals surface area contributed by atoms with Gasteiger partial charge in [-0.3, -0.25) is 9.69 Å². The van der Waals surface area contributed by atoms with E-state index in [1.165, 1.54) is 12.0 Å². The second-order valence-electron chi connectivity index (χ2n) is 6.98. The topological polar surface area (TPSA) is 44.4 Å². The van der Waals surface area contributed by atoms with Gasteiger partial charge in [-0.25, -0.2) is 0 Å². The van der Waals surface area contributed by atoms with Crippen LogP contribution in [0.2, 0.25) is 0 Å². The van der Waals surface area contributed by atoms with Crippen molar-refractivity contribution >= 4 is 24.0 Å². The number of rotatable bonds is 5. The average molecular weight is 354 g/mol. The Hall–Kier alpha value is -1.10. The van der Waals surface area contributed by atoms with E-state index < -0.39 is 0 Å². The number of hydrogen-bond acceptors (Lipinski definition) is 3. The summed E-state index contributed by atoms with van der Waals surface area (Å²) in [6.45, 7) is 10.3. The molecule has 5 heteroatoms. The lowest BCUT2D eigenvalue weighted by atomic mass is 9.98. The fraction of sp³-hybridized carbons (Fsp3) is 0.632. The molecule has 0 saturated carbocycles. The summed E-state index contributed by atoms with van der Waals surface area (Å²) in [6, 6.07) is 6.61. The van der Waals surface area contributed by atoms with Crippen molar-refractivity contribution in [1.29, 1.82) is 0 Å². The summed E-state index contributed by atoms with van der Waals surface area (Å²) in [5, 5.41) is 6.53. The smallest absolute Gasteiger partial charge is 0.241 e. The van der Waals surface area contributed by atoms with Crippen molar-refractivity contribution in [1.82, 2.24) is 10.2 Å². The van der Waals surface area contributed by atoms with E-state index in [1.54, 1.807) is 0 Å². The highest BCUT2D eigenvalue weighted by Crippen LogP contribution is 2.27. The minimum atomic E-state index is -0.106. The number of anilines is 1. The fourth-order valence-electron chi connectivity index (χ4n) is 3.33. The number of benzene rings is 1. The Kier molecular flexibility index (Phi) is 8.20. The summed E-state index contributed by atoms with van der Waals surface area (Å²) < 4.78 is 0. The van der Waals surface area contributed by atoms with E-state index >= 15 is 0 Å². The van der Waals surface area contributed by atoms with Gasteiger partial charge in [-0.15, -0.1) is 12.4 Å². The van der Waals surface area contributed by atoms with Crippen LogP contribution in [-0.2, 0) is 4.79 Å². The molecule has 4 nitrogen and oxygen atoms in total. The lowest BCUT2D eigenvalue weighted by Gasteiger charge is -2.36. The highest BCUT2D eigenvalue weighted by Gasteiger charge is 2.27. The molecule has 1 saturated heterocycles. The van der Waals surface area contributed by atoms with Gasteiger partial charge in [-0.2, -0.15) is 0 Å². The standard InChI is InChI=1S/C19H31N3O.ClH/c1-13(2)17-10-6-8-14(3)18(17)21-19(23)15(4)22-11-7-9-16(12-22)20-5;/h6,8,10,13,15-16,20H,7,9,11-12H2,1-5H3,(H,21,23);1H. The zero-order chi connectivity index (χ0) is 17.0. The summed E-state index contributed by atoms with van der Waals surface area (Å²) >= 11 is 0. The molecule has 2 rings (SSSR count). The quantitative estimate of drug-likeness (QED) is 0.850. The van der Waals surface area contributed by atoms with Gasteiger partial charge in [0.25, 0.3) is 0 Å². The highest BCUT2D eigenvalue weighted by atomic mass is 35.5. The molecule has 1 aliphatic rings. The summed E-state index contributed by atoms with van der Waals surface area (Å²) in [5.74, 6) is 0.488. The molecule has 1 fully saturated rings. The van der Waals surface area contributed by atoms with Gasteiger partial charge >= 0.3 is 0 Å². The Balaban J connectivity index is 0.00000288. The summed E-state index contributed by atoms with van der Waals surface area (Å²) in [6.07, 6.45) is 2.33. The number of aryl methyl sites for hydroxylation is 1. The number of nitrogens with one attached hydrogen (secondary N) is 2. The number of amides is 1. The van der Waals surface area contributed by atoms with Crippen LogP contribution in [0, 0.1) is 6.92 Å². The van der Waals surface area contributed by atoms with E-state index in [-0.39, 0.29) is 24.4 Å². The van der Waals surface area contributed by atoms with Crippen LogP contribution in [0.25, 0.3) is 0 Å². The highest BCUT2D eigenvalue weighted by molar-refractivity contribution is 5.96. The average Bonchev–Trinajstić information content (AvgIpc) is 2.55. The van der Waals surface area contributed by atoms with Crippen molar-refractivity contribution in [2.45, 2.75) is 58.5 Å². The summed E-state index contributed by atoms with van der Waals surface area (Å²) in [4.78, 5) is 15.0. The maximum atomic E-state index is 12.8. The molecule has 24 heavy (non-hydrogen) atoms. The lowest BCUT2D eigenvalue weighted by molar-refractivity contribution is -0.121. The van der Waals surface area contributed by atoms with E-state index in [1.807, 2.05) is 14.0 Å². The van der Waals surface area contributed by atoms with Gasteiger partial charge in [0.15, 0.2) is 0 Å². The van der Waals surface area contributed by atoms with Crippen LogP contribution in [0.5, 0.6) is 0 Å². The van der Waals surface area contributed by atoms with Crippen LogP contribution in [0.4, 0.5) is 5.69 Å². The molecule has 1 aliphatic heterocycles. The van der Waals surface area contributed by atoms with Gasteiger partial charge < -0.3 is 10.6 Å². The zero-order valence-corrected chi connectivity index (χ0v) is 16.4. The molecule has 0 radical (unpaired) electrons. The number of carbonyl (C=O) groups excluding carboxylic acids is 1. The Bertz CT molecular complexity index is 547. The molecular weight excluding hydrogens is 322 g/mol. The molecule has 1 amide bonds. The Morgan fingerprint density at radius 3 is 2.62 bits per heavy atom. The predicted molar refractivity (Wildman–Crippen MR) is 104 cm³/mol. The summed E-state index contributed by atoms with van der Waals surface area (Å²) in [5.41, 5.74) is 3.32. The van der Waals surface area contributed by atoms with Gasteiger partial charge in [0, 0.05) is 18.3 Å². The minimum Gasteiger partial charge on any atom is -0.324 e. The van der Waals surface area contributed by atoms with Crippen LogP contribution in [-0.4, -0.2) is 43.0 Å². The number of carbonyl (C=O) groups is 1. The molecule has 2 atom stereocenters. The van der Waals surface area contributed by atoms with Gasteiger partial charge in [0.05, 0.1) is 6.04 Å². The Labute approximate surface area is 152 Å². The monoisotopic (exact) mass is 353 g/mol. The van der Waals surface area contributed by atoms with Crippen molar-refractivity contribution in [3.8, 4) is 0 Å². The summed E-state index contributed by atoms with van der Waals surface area (Å²) in [7, 11) is 2.00. The first kappa shape index (κ1) is 20.9. The minimum absolute atomic E-state index is 0. The Morgan fingerprint density at radius 2 is 2.00 bits per heavy atom. The van der Waals surface area contributed by atoms with E-state index in [2.05, 4.69) is 54.5 Å². The number of likely N-dealkylation sites (tertiary alicyclic amines) is 1. The first-order chi connectivity index (χ1) is 10.9. The van der Waals surface area contributed by atoms with Crippen molar-refractivity contribution in [3.05, 3.63) is 29.3 Å². The van der Waals surface area contributed by atoms with Crippen molar-refractivity contribution in [2.24, 2.45) is 0 Å². The van der Waals surface area contributed by atoms with Crippen LogP contribution < -0.4 is 10.6 Å². The molecule has 2 unspecified atom stereocenters. The van der Waals surface area contributed by atoms with Crippen LogP contribution in [0.15, 0.2) is 18.2 Å². The van der Waals surface area contributed by atoms with Crippen molar-refractivity contribution < 1.29 is 4.79 Å². The van der Waals surface area contributed by atoms with E-state index in [9.17, 15) is 4.79 Å². The van der Waals surface area contributed by atoms with Gasteiger partial charge in [0.2, 0.25) is 5.91 Å². The molecule has 1 aromatic carbocycles. The third kappa shape index (κ3) is 4.95. The van der Waals surface area contributed by atoms with E-state index in [4.69, 9.17) is 0 Å². The fourth-order valence-corrected chi connectivity index (χ4v) is 3.33. The molecule has 1 aromatic rings. The first-order valence-electron chi connectivity index (χ1n) is 8.75. The van der Waals surface area contributed by atoms with Crippen LogP contribution in [0.3, 0.4) is 0 Å². The molecular formula is C19H32ClN3O. The van der Waals surface area contributed by atoms with Crippen LogP contribution >= 0.6 is 12.4 Å². The molecule has 0 aromatic heterocycles. The van der Waals surface area contributed by atoms with Crippen molar-refractivity contribution in [2.75, 3.05) is 25.5 Å². The first-order valence-corrected chi connectivity index (χ1v) is 8.75. The maximum Gasteiger partial charge on any atom is 0.241 e. The second-order valence-corrected chi connectivity index (χ2v) is 6.98. The van der Waals surface area contributed by atoms with Crippen molar-refractivity contribution in [3.63, 3.8) is 0 Å². The van der Waals surface area contributed by atoms with E-state index in [0.29, 0.717) is 12.0 Å².